The largest absolute Gasteiger partial charge is 0.350 e. The second-order valence-electron chi connectivity index (χ2n) is 12.6. The fourth-order valence-electron chi connectivity index (χ4n) is 5.32. The number of hydrogen-bond acceptors (Lipinski definition) is 6. The number of carbonyl (C=O) groups excluding carboxylic acids is 6. The molecule has 0 aromatic carbocycles. The van der Waals surface area contributed by atoms with Crippen molar-refractivity contribution in [3.05, 3.63) is 71.8 Å². The highest BCUT2D eigenvalue weighted by Crippen LogP contribution is 2.20. The molecule has 0 aliphatic carbocycles. The summed E-state index contributed by atoms with van der Waals surface area (Å²) < 4.78 is 6.18. The number of amidine groups is 2. The van der Waals surface area contributed by atoms with E-state index < -0.39 is 23.6 Å². The summed E-state index contributed by atoms with van der Waals surface area (Å²) in [4.78, 5) is 76.4. The zero-order valence-corrected chi connectivity index (χ0v) is 30.4. The van der Waals surface area contributed by atoms with Crippen molar-refractivity contribution in [2.75, 3.05) is 34.4 Å². The molecule has 14 N–H and O–H groups in total. The molecule has 0 atom stereocenters. The summed E-state index contributed by atoms with van der Waals surface area (Å²) in [6.07, 6.45) is 6.62. The smallest absolute Gasteiger partial charge is 0.272 e. The quantitative estimate of drug-likeness (QED) is 0.0402. The Hall–Kier alpha value is -7.12. The molecule has 0 aliphatic rings. The first-order chi connectivity index (χ1) is 25.5. The molecular weight excluding hydrogens is 700 g/mol. The fraction of sp³-hybridized carbons (Fsp3) is 0.294. The minimum atomic E-state index is -0.475. The lowest BCUT2D eigenvalue weighted by molar-refractivity contribution is -0.121. The van der Waals surface area contributed by atoms with Crippen molar-refractivity contribution in [1.29, 1.82) is 0 Å². The Balaban J connectivity index is 1.25. The molecule has 4 heterocycles. The third kappa shape index (κ3) is 10.7. The first kappa shape index (κ1) is 39.7. The summed E-state index contributed by atoms with van der Waals surface area (Å²) in [5, 5.41) is 27.1. The van der Waals surface area contributed by atoms with E-state index >= 15 is 0 Å². The average molecular weight is 747 g/mol. The molecule has 0 unspecified atom stereocenters. The van der Waals surface area contributed by atoms with Crippen LogP contribution in [0.3, 0.4) is 0 Å². The van der Waals surface area contributed by atoms with Crippen LogP contribution >= 0.6 is 0 Å². The number of amides is 6. The van der Waals surface area contributed by atoms with Crippen molar-refractivity contribution in [1.82, 2.24) is 28.9 Å². The monoisotopic (exact) mass is 746 g/mol. The van der Waals surface area contributed by atoms with E-state index in [4.69, 9.17) is 22.3 Å². The van der Waals surface area contributed by atoms with Gasteiger partial charge >= 0.3 is 0 Å². The third-order valence-corrected chi connectivity index (χ3v) is 8.01. The second kappa shape index (κ2) is 17.4. The van der Waals surface area contributed by atoms with Crippen molar-refractivity contribution in [2.45, 2.75) is 25.7 Å². The van der Waals surface area contributed by atoms with Crippen LogP contribution in [-0.2, 0) is 37.8 Å². The van der Waals surface area contributed by atoms with Gasteiger partial charge in [-0.05, 0) is 24.3 Å². The van der Waals surface area contributed by atoms with Crippen molar-refractivity contribution >= 4 is 69.9 Å². The molecule has 0 aliphatic heterocycles. The number of aryl methyl sites for hydroxylation is 4. The number of aromatic nitrogens is 4. The molecule has 4 rings (SSSR count). The molecule has 4 aromatic heterocycles. The molecular formula is C34H46N14O6+2. The minimum Gasteiger partial charge on any atom is -0.350 e. The van der Waals surface area contributed by atoms with Gasteiger partial charge in [0, 0.05) is 78.9 Å². The van der Waals surface area contributed by atoms with Crippen LogP contribution in [0.5, 0.6) is 0 Å². The third-order valence-electron chi connectivity index (χ3n) is 8.01. The average Bonchev–Trinajstić information content (AvgIpc) is 3.84. The summed E-state index contributed by atoms with van der Waals surface area (Å²) in [6, 6.07) is 6.02. The molecule has 0 saturated heterocycles. The maximum Gasteiger partial charge on any atom is 0.272 e. The second-order valence-corrected chi connectivity index (χ2v) is 12.6. The highest BCUT2D eigenvalue weighted by atomic mass is 16.2. The lowest BCUT2D eigenvalue weighted by Gasteiger charge is -2.04. The number of anilines is 4. The first-order valence-electron chi connectivity index (χ1n) is 16.7. The molecule has 54 heavy (non-hydrogen) atoms. The van der Waals surface area contributed by atoms with Gasteiger partial charge in [0.05, 0.1) is 35.6 Å². The number of rotatable bonds is 17. The van der Waals surface area contributed by atoms with Gasteiger partial charge in [-0.15, -0.1) is 0 Å². The topological polar surface area (TPSA) is 298 Å². The summed E-state index contributed by atoms with van der Waals surface area (Å²) in [6.45, 7) is 0.528. The first-order valence-corrected chi connectivity index (χ1v) is 16.7. The molecule has 20 nitrogen and oxygen atoms in total. The van der Waals surface area contributed by atoms with Gasteiger partial charge in [-0.2, -0.15) is 0 Å². The maximum absolute atomic E-state index is 13.0. The Kier molecular flexibility index (Phi) is 12.8. The van der Waals surface area contributed by atoms with E-state index in [-0.39, 0.29) is 60.8 Å². The van der Waals surface area contributed by atoms with Gasteiger partial charge in [0.2, 0.25) is 23.5 Å². The van der Waals surface area contributed by atoms with E-state index in [1.54, 1.807) is 62.1 Å². The SMILES string of the molecule is Cn1cc(NC(=O)c2cc(NC(=O)CCC(=O)Nc3cc(C(=O)Nc4cc(C(=O)NCCC(N)=[NH2+])n(C)c4)n(C)c3)cn2C)cc1C(=O)NCCC(N)=[NH2+]. The van der Waals surface area contributed by atoms with Gasteiger partial charge in [-0.1, -0.05) is 0 Å². The predicted molar refractivity (Wildman–Crippen MR) is 200 cm³/mol. The van der Waals surface area contributed by atoms with Crippen molar-refractivity contribution in [2.24, 2.45) is 39.7 Å². The lowest BCUT2D eigenvalue weighted by Crippen LogP contribution is -2.47. The van der Waals surface area contributed by atoms with E-state index in [2.05, 4.69) is 31.9 Å². The molecule has 4 aromatic rings. The van der Waals surface area contributed by atoms with Gasteiger partial charge < -0.3 is 50.2 Å². The Morgan fingerprint density at radius 3 is 1.06 bits per heavy atom. The summed E-state index contributed by atoms with van der Waals surface area (Å²) in [5.74, 6) is -2.17. The molecule has 6 amide bonds. The number of carbonyl (C=O) groups is 6. The van der Waals surface area contributed by atoms with E-state index in [0.29, 0.717) is 47.0 Å². The van der Waals surface area contributed by atoms with Crippen LogP contribution in [0.4, 0.5) is 22.7 Å². The molecule has 0 spiro atoms. The van der Waals surface area contributed by atoms with E-state index in [9.17, 15) is 28.8 Å². The minimum absolute atomic E-state index is 0.158. The van der Waals surface area contributed by atoms with Gasteiger partial charge in [0.15, 0.2) is 0 Å². The molecule has 286 valence electrons. The van der Waals surface area contributed by atoms with E-state index in [0.717, 1.165) is 0 Å². The number of nitrogens with two attached hydrogens (primary N) is 4. The number of nitrogens with zero attached hydrogens (tertiary/aromatic N) is 4. The highest BCUT2D eigenvalue weighted by molar-refractivity contribution is 6.07. The normalized spacial score (nSPS) is 10.7. The number of hydrogen-bond donors (Lipinski definition) is 10. The van der Waals surface area contributed by atoms with Crippen LogP contribution in [0.1, 0.15) is 67.6 Å². The van der Waals surface area contributed by atoms with Crippen molar-refractivity contribution < 1.29 is 39.6 Å². The van der Waals surface area contributed by atoms with Gasteiger partial charge in [0.25, 0.3) is 23.6 Å². The molecule has 0 saturated carbocycles. The number of nitrogens with one attached hydrogen (secondary N) is 6. The highest BCUT2D eigenvalue weighted by Gasteiger charge is 2.19. The predicted octanol–water partition coefficient (Wildman–Crippen LogP) is -2.63. The van der Waals surface area contributed by atoms with Crippen LogP contribution in [0.2, 0.25) is 0 Å². The molecule has 0 radical (unpaired) electrons. The summed E-state index contributed by atoms with van der Waals surface area (Å²) >= 11 is 0. The van der Waals surface area contributed by atoms with E-state index in [1.807, 2.05) is 0 Å². The van der Waals surface area contributed by atoms with Crippen LogP contribution < -0.4 is 54.2 Å². The Bertz CT molecular complexity index is 1970. The maximum atomic E-state index is 13.0. The Morgan fingerprint density at radius 1 is 0.481 bits per heavy atom. The van der Waals surface area contributed by atoms with Gasteiger partial charge in [0.1, 0.15) is 22.8 Å². The van der Waals surface area contributed by atoms with Crippen LogP contribution in [-0.4, -0.2) is 78.5 Å². The van der Waals surface area contributed by atoms with Crippen molar-refractivity contribution in [3.63, 3.8) is 0 Å². The van der Waals surface area contributed by atoms with Gasteiger partial charge in [-0.25, -0.2) is 0 Å². The summed E-state index contributed by atoms with van der Waals surface area (Å²) in [5.41, 5.74) is 13.4. The van der Waals surface area contributed by atoms with Gasteiger partial charge in [-0.3, -0.25) is 51.1 Å². The Labute approximate surface area is 309 Å². The van der Waals surface area contributed by atoms with Crippen LogP contribution in [0, 0.1) is 0 Å². The van der Waals surface area contributed by atoms with E-state index in [1.165, 1.54) is 33.4 Å². The fourth-order valence-corrected chi connectivity index (χ4v) is 5.32. The Morgan fingerprint density at radius 2 is 0.759 bits per heavy atom. The standard InChI is InChI=1S/C34H44N14O6/c1-45-17-21(13-23(45)31(51)39-9-7-27(35)36)43-33(53)25-11-19(15-47(25)3)41-29(49)5-6-30(50)42-20-12-26(48(4)16-20)34(54)44-22-14-24(46(2)18-22)32(52)40-10-8-28(37)38/h11-18H,5-10H2,1-4H3,(H3,35,36)(H3,37,38)(H,39,51)(H,40,52)(H,41,49)(H,42,50)(H,43,53)(H,44,54)/p+2. The summed E-state index contributed by atoms with van der Waals surface area (Å²) in [7, 11) is 6.59. The molecule has 0 fully saturated rings. The zero-order valence-electron chi connectivity index (χ0n) is 30.4. The van der Waals surface area contributed by atoms with Crippen molar-refractivity contribution in [3.8, 4) is 0 Å². The lowest BCUT2D eigenvalue weighted by atomic mass is 10.2. The van der Waals surface area contributed by atoms with Crippen LogP contribution in [0.15, 0.2) is 49.1 Å². The molecule has 0 bridgehead atoms. The zero-order chi connectivity index (χ0) is 39.7. The van der Waals surface area contributed by atoms with Crippen LogP contribution in [0.25, 0.3) is 0 Å². The molecule has 20 heteroatoms.